The number of hydrogen-bond donors (Lipinski definition) is 2. The van der Waals surface area contributed by atoms with Gasteiger partial charge in [-0.05, 0) is 18.4 Å². The van der Waals surface area contributed by atoms with E-state index in [1.54, 1.807) is 0 Å². The van der Waals surface area contributed by atoms with E-state index < -0.39 is 0 Å². The van der Waals surface area contributed by atoms with E-state index >= 15 is 0 Å². The second kappa shape index (κ2) is 6.93. The Labute approximate surface area is 141 Å². The van der Waals surface area contributed by atoms with Gasteiger partial charge < -0.3 is 15.6 Å². The van der Waals surface area contributed by atoms with Crippen molar-refractivity contribution < 1.29 is 0 Å². The third kappa shape index (κ3) is 3.96. The highest BCUT2D eigenvalue weighted by Crippen LogP contribution is 2.25. The van der Waals surface area contributed by atoms with Crippen molar-refractivity contribution in [2.45, 2.75) is 25.4 Å². The highest BCUT2D eigenvalue weighted by Gasteiger charge is 2.27. The van der Waals surface area contributed by atoms with Crippen LogP contribution in [-0.4, -0.2) is 33.9 Å². The second-order valence-corrected chi connectivity index (χ2v) is 5.13. The Morgan fingerprint density at radius 3 is 2.76 bits per heavy atom. The highest BCUT2D eigenvalue weighted by molar-refractivity contribution is 14.0. The summed E-state index contributed by atoms with van der Waals surface area (Å²) < 4.78 is 0. The van der Waals surface area contributed by atoms with E-state index in [1.165, 1.54) is 12.8 Å². The fourth-order valence-corrected chi connectivity index (χ4v) is 2.12. The number of imidazole rings is 1. The summed E-state index contributed by atoms with van der Waals surface area (Å²) in [4.78, 5) is 14.1. The number of H-pyrrole nitrogens is 1. The standard InChI is InChI=1S/C15H19N5.HI/c1-20(12-7-8-12)15(16)18-10-14-17-9-13(19-14)11-5-3-2-4-6-11;/h2-6,9,12H,7-8,10H2,1H3,(H2,16,18)(H,17,19);1H. The van der Waals surface area contributed by atoms with Crippen LogP contribution < -0.4 is 5.73 Å². The monoisotopic (exact) mass is 397 g/mol. The molecule has 0 amide bonds. The molecule has 1 heterocycles. The Bertz CT molecular complexity index is 604. The van der Waals surface area contributed by atoms with Crippen LogP contribution in [0.4, 0.5) is 0 Å². The summed E-state index contributed by atoms with van der Waals surface area (Å²) >= 11 is 0. The number of nitrogens with zero attached hydrogens (tertiary/aromatic N) is 3. The van der Waals surface area contributed by atoms with Crippen LogP contribution in [0.25, 0.3) is 11.3 Å². The first-order valence-electron chi connectivity index (χ1n) is 6.86. The summed E-state index contributed by atoms with van der Waals surface area (Å²) in [5, 5.41) is 0. The van der Waals surface area contributed by atoms with Gasteiger partial charge in [-0.3, -0.25) is 0 Å². The number of nitrogens with one attached hydrogen (secondary N) is 1. The summed E-state index contributed by atoms with van der Waals surface area (Å²) in [5.41, 5.74) is 8.09. The number of rotatable bonds is 4. The van der Waals surface area contributed by atoms with Gasteiger partial charge in [-0.25, -0.2) is 9.98 Å². The molecule has 2 aromatic rings. The fraction of sp³-hybridized carbons (Fsp3) is 0.333. The molecule has 112 valence electrons. The number of aliphatic imine (C=N–C) groups is 1. The van der Waals surface area contributed by atoms with E-state index in [0.717, 1.165) is 17.1 Å². The Morgan fingerprint density at radius 2 is 2.10 bits per heavy atom. The van der Waals surface area contributed by atoms with E-state index in [0.29, 0.717) is 18.5 Å². The lowest BCUT2D eigenvalue weighted by molar-refractivity contribution is 0.487. The number of guanidine groups is 1. The van der Waals surface area contributed by atoms with Gasteiger partial charge in [0.25, 0.3) is 0 Å². The minimum atomic E-state index is 0. The molecule has 3 rings (SSSR count). The minimum absolute atomic E-state index is 0. The number of nitrogens with two attached hydrogens (primary N) is 1. The van der Waals surface area contributed by atoms with Crippen molar-refractivity contribution in [3.05, 3.63) is 42.4 Å². The zero-order chi connectivity index (χ0) is 13.9. The molecule has 5 nitrogen and oxygen atoms in total. The molecule has 0 unspecified atom stereocenters. The molecule has 6 heteroatoms. The van der Waals surface area contributed by atoms with E-state index in [-0.39, 0.29) is 24.0 Å². The Hall–Kier alpha value is -1.57. The molecule has 0 saturated heterocycles. The van der Waals surface area contributed by atoms with E-state index in [4.69, 9.17) is 5.73 Å². The quantitative estimate of drug-likeness (QED) is 0.474. The van der Waals surface area contributed by atoms with Gasteiger partial charge in [0.15, 0.2) is 5.96 Å². The normalized spacial score (nSPS) is 14.6. The predicted octanol–water partition coefficient (Wildman–Crippen LogP) is 2.60. The molecule has 1 aromatic heterocycles. The van der Waals surface area contributed by atoms with Crippen molar-refractivity contribution in [2.75, 3.05) is 7.05 Å². The first-order chi connectivity index (χ1) is 9.74. The van der Waals surface area contributed by atoms with Gasteiger partial charge in [-0.1, -0.05) is 30.3 Å². The van der Waals surface area contributed by atoms with Gasteiger partial charge in [0.1, 0.15) is 12.4 Å². The van der Waals surface area contributed by atoms with Gasteiger partial charge in [-0.2, -0.15) is 0 Å². The Morgan fingerprint density at radius 1 is 1.38 bits per heavy atom. The topological polar surface area (TPSA) is 70.3 Å². The molecule has 0 aliphatic heterocycles. The lowest BCUT2D eigenvalue weighted by Crippen LogP contribution is -2.35. The van der Waals surface area contributed by atoms with Gasteiger partial charge >= 0.3 is 0 Å². The zero-order valence-electron chi connectivity index (χ0n) is 12.0. The number of aromatic nitrogens is 2. The molecule has 1 aromatic carbocycles. The molecule has 21 heavy (non-hydrogen) atoms. The Balaban J connectivity index is 0.00000161. The number of hydrogen-bond acceptors (Lipinski definition) is 2. The number of benzene rings is 1. The number of halogens is 1. The summed E-state index contributed by atoms with van der Waals surface area (Å²) in [6.07, 6.45) is 4.26. The first-order valence-corrected chi connectivity index (χ1v) is 6.86. The summed E-state index contributed by atoms with van der Waals surface area (Å²) in [6, 6.07) is 10.7. The highest BCUT2D eigenvalue weighted by atomic mass is 127. The van der Waals surface area contributed by atoms with Crippen molar-refractivity contribution in [1.82, 2.24) is 14.9 Å². The molecule has 0 radical (unpaired) electrons. The van der Waals surface area contributed by atoms with Gasteiger partial charge in [0, 0.05) is 13.1 Å². The zero-order valence-corrected chi connectivity index (χ0v) is 14.3. The summed E-state index contributed by atoms with van der Waals surface area (Å²) in [5.74, 6) is 1.42. The maximum Gasteiger partial charge on any atom is 0.191 e. The molecular formula is C15H20IN5. The average Bonchev–Trinajstić information content (AvgIpc) is 3.23. The van der Waals surface area contributed by atoms with Gasteiger partial charge in [-0.15, -0.1) is 24.0 Å². The third-order valence-corrected chi connectivity index (χ3v) is 3.56. The Kier molecular flexibility index (Phi) is 5.22. The molecule has 0 atom stereocenters. The van der Waals surface area contributed by atoms with Crippen molar-refractivity contribution in [3.8, 4) is 11.3 Å². The molecular weight excluding hydrogens is 377 g/mol. The van der Waals surface area contributed by atoms with Crippen molar-refractivity contribution in [2.24, 2.45) is 10.7 Å². The lowest BCUT2D eigenvalue weighted by atomic mass is 10.2. The smallest absolute Gasteiger partial charge is 0.191 e. The van der Waals surface area contributed by atoms with Gasteiger partial charge in [0.05, 0.1) is 11.9 Å². The van der Waals surface area contributed by atoms with E-state index in [9.17, 15) is 0 Å². The molecule has 1 aliphatic carbocycles. The van der Waals surface area contributed by atoms with Gasteiger partial charge in [0.2, 0.25) is 0 Å². The van der Waals surface area contributed by atoms with Crippen LogP contribution in [0.1, 0.15) is 18.7 Å². The average molecular weight is 397 g/mol. The van der Waals surface area contributed by atoms with Crippen LogP contribution in [0.15, 0.2) is 41.5 Å². The van der Waals surface area contributed by atoms with Crippen LogP contribution in [0.5, 0.6) is 0 Å². The lowest BCUT2D eigenvalue weighted by Gasteiger charge is -2.16. The fourth-order valence-electron chi connectivity index (χ4n) is 2.12. The maximum atomic E-state index is 5.96. The second-order valence-electron chi connectivity index (χ2n) is 5.13. The van der Waals surface area contributed by atoms with E-state index in [1.807, 2.05) is 36.3 Å². The maximum absolute atomic E-state index is 5.96. The third-order valence-electron chi connectivity index (χ3n) is 3.56. The molecule has 1 saturated carbocycles. The molecule has 0 spiro atoms. The van der Waals surface area contributed by atoms with Crippen LogP contribution in [0, 0.1) is 0 Å². The minimum Gasteiger partial charge on any atom is -0.370 e. The first kappa shape index (κ1) is 15.8. The predicted molar refractivity (Wildman–Crippen MR) is 95.6 cm³/mol. The van der Waals surface area contributed by atoms with Crippen molar-refractivity contribution in [3.63, 3.8) is 0 Å². The van der Waals surface area contributed by atoms with Crippen molar-refractivity contribution >= 4 is 29.9 Å². The SMILES string of the molecule is CN(C(N)=NCc1ncc(-c2ccccc2)[nH]1)C1CC1.I. The largest absolute Gasteiger partial charge is 0.370 e. The van der Waals surface area contributed by atoms with E-state index in [2.05, 4.69) is 27.1 Å². The molecule has 0 bridgehead atoms. The number of aromatic amines is 1. The molecule has 3 N–H and O–H groups in total. The summed E-state index contributed by atoms with van der Waals surface area (Å²) in [7, 11) is 1.99. The summed E-state index contributed by atoms with van der Waals surface area (Å²) in [6.45, 7) is 0.482. The van der Waals surface area contributed by atoms with Crippen LogP contribution in [0.2, 0.25) is 0 Å². The van der Waals surface area contributed by atoms with Crippen LogP contribution >= 0.6 is 24.0 Å². The molecule has 1 fully saturated rings. The van der Waals surface area contributed by atoms with Crippen LogP contribution in [-0.2, 0) is 6.54 Å². The van der Waals surface area contributed by atoms with Crippen LogP contribution in [0.3, 0.4) is 0 Å². The molecule has 1 aliphatic rings. The van der Waals surface area contributed by atoms with Crippen molar-refractivity contribution in [1.29, 1.82) is 0 Å².